The number of H-pyrrole nitrogens is 1. The minimum atomic E-state index is -0.344. The minimum absolute atomic E-state index is 0.344. The number of aromatic amines is 1. The largest absolute Gasteiger partial charge is 0.422 e. The predicted molar refractivity (Wildman–Crippen MR) is 79.9 cm³/mol. The van der Waals surface area contributed by atoms with Crippen LogP contribution in [-0.4, -0.2) is 20.5 Å². The summed E-state index contributed by atoms with van der Waals surface area (Å²) in [6, 6.07) is 7.47. The Labute approximate surface area is 121 Å². The summed E-state index contributed by atoms with van der Waals surface area (Å²) >= 11 is 0. The fourth-order valence-corrected chi connectivity index (χ4v) is 2.05. The molecule has 0 unspecified atom stereocenters. The van der Waals surface area contributed by atoms with E-state index in [2.05, 4.69) is 9.97 Å². The van der Waals surface area contributed by atoms with E-state index in [1.54, 1.807) is 25.5 Å². The van der Waals surface area contributed by atoms with E-state index in [1.165, 1.54) is 0 Å². The first-order chi connectivity index (χ1) is 10.2. The number of ether oxygens (including phenoxy) is 1. The molecule has 0 fully saturated rings. The van der Waals surface area contributed by atoms with Crippen LogP contribution in [0.15, 0.2) is 60.8 Å². The fourth-order valence-electron chi connectivity index (χ4n) is 2.05. The second-order valence-corrected chi connectivity index (χ2v) is 4.73. The van der Waals surface area contributed by atoms with Crippen molar-refractivity contribution in [3.63, 3.8) is 0 Å². The molecule has 1 N–H and O–H groups in total. The number of allylic oxidation sites excluding steroid dienone is 1. The van der Waals surface area contributed by atoms with E-state index in [0.717, 1.165) is 10.9 Å². The van der Waals surface area contributed by atoms with Crippen LogP contribution in [0.5, 0.6) is 5.75 Å². The molecule has 0 aliphatic heterocycles. The van der Waals surface area contributed by atoms with E-state index in [-0.39, 0.29) is 5.97 Å². The normalized spacial score (nSPS) is 11.8. The van der Waals surface area contributed by atoms with Crippen LogP contribution < -0.4 is 4.74 Å². The van der Waals surface area contributed by atoms with E-state index >= 15 is 0 Å². The van der Waals surface area contributed by atoms with Crippen molar-refractivity contribution in [1.82, 2.24) is 14.5 Å². The van der Waals surface area contributed by atoms with Crippen LogP contribution in [-0.2, 0) is 11.3 Å². The third-order valence-corrected chi connectivity index (χ3v) is 3.25. The smallest absolute Gasteiger partial charge is 0.338 e. The molecule has 5 nitrogen and oxygen atoms in total. The SMILES string of the molecule is CC(=CCn1ccnc1)C(=O)Oc1cccc2[nH]ccc12. The Balaban J connectivity index is 1.73. The summed E-state index contributed by atoms with van der Waals surface area (Å²) in [5, 5.41) is 0.897. The third-order valence-electron chi connectivity index (χ3n) is 3.25. The van der Waals surface area contributed by atoms with Gasteiger partial charge in [-0.1, -0.05) is 12.1 Å². The fraction of sp³-hybridized carbons (Fsp3) is 0.125. The van der Waals surface area contributed by atoms with Crippen molar-refractivity contribution < 1.29 is 9.53 Å². The lowest BCUT2D eigenvalue weighted by atomic mass is 10.2. The van der Waals surface area contributed by atoms with E-state index in [9.17, 15) is 4.79 Å². The van der Waals surface area contributed by atoms with Crippen molar-refractivity contribution in [2.75, 3.05) is 0 Å². The summed E-state index contributed by atoms with van der Waals surface area (Å²) in [7, 11) is 0. The molecule has 1 aromatic carbocycles. The molecule has 2 aromatic heterocycles. The molecule has 0 saturated carbocycles. The number of esters is 1. The highest BCUT2D eigenvalue weighted by molar-refractivity contribution is 5.93. The Hall–Kier alpha value is -2.82. The Kier molecular flexibility index (Phi) is 3.55. The molecule has 0 bridgehead atoms. The molecule has 0 atom stereocenters. The van der Waals surface area contributed by atoms with Gasteiger partial charge in [-0.05, 0) is 25.1 Å². The van der Waals surface area contributed by atoms with Crippen molar-refractivity contribution >= 4 is 16.9 Å². The van der Waals surface area contributed by atoms with E-state index in [1.807, 2.05) is 41.2 Å². The molecule has 21 heavy (non-hydrogen) atoms. The number of carbonyl (C=O) groups is 1. The van der Waals surface area contributed by atoms with Gasteiger partial charge in [-0.15, -0.1) is 0 Å². The summed E-state index contributed by atoms with van der Waals surface area (Å²) in [6.45, 7) is 2.34. The number of aromatic nitrogens is 3. The molecule has 2 heterocycles. The van der Waals surface area contributed by atoms with Gasteiger partial charge in [0, 0.05) is 41.6 Å². The number of nitrogens with one attached hydrogen (secondary N) is 1. The van der Waals surface area contributed by atoms with Gasteiger partial charge in [-0.3, -0.25) is 0 Å². The predicted octanol–water partition coefficient (Wildman–Crippen LogP) is 2.92. The number of nitrogens with zero attached hydrogens (tertiary/aromatic N) is 2. The highest BCUT2D eigenvalue weighted by Crippen LogP contribution is 2.25. The molecular weight excluding hydrogens is 266 g/mol. The van der Waals surface area contributed by atoms with Crippen molar-refractivity contribution in [2.24, 2.45) is 0 Å². The van der Waals surface area contributed by atoms with Gasteiger partial charge in [-0.25, -0.2) is 9.78 Å². The van der Waals surface area contributed by atoms with Crippen LogP contribution in [0.25, 0.3) is 10.9 Å². The van der Waals surface area contributed by atoms with Crippen molar-refractivity contribution in [2.45, 2.75) is 13.5 Å². The summed E-state index contributed by atoms with van der Waals surface area (Å²) in [6.07, 6.45) is 8.89. The van der Waals surface area contributed by atoms with Crippen LogP contribution >= 0.6 is 0 Å². The summed E-state index contributed by atoms with van der Waals surface area (Å²) in [5.74, 6) is 0.220. The zero-order chi connectivity index (χ0) is 14.7. The number of hydrogen-bond donors (Lipinski definition) is 1. The van der Waals surface area contributed by atoms with Gasteiger partial charge in [0.1, 0.15) is 5.75 Å². The van der Waals surface area contributed by atoms with Gasteiger partial charge < -0.3 is 14.3 Å². The minimum Gasteiger partial charge on any atom is -0.422 e. The maximum Gasteiger partial charge on any atom is 0.338 e. The third kappa shape index (κ3) is 2.86. The number of rotatable bonds is 4. The van der Waals surface area contributed by atoms with Gasteiger partial charge in [-0.2, -0.15) is 0 Å². The zero-order valence-corrected chi connectivity index (χ0v) is 11.6. The first-order valence-corrected chi connectivity index (χ1v) is 6.65. The van der Waals surface area contributed by atoms with Crippen molar-refractivity contribution in [3.8, 4) is 5.75 Å². The number of fused-ring (bicyclic) bond motifs is 1. The quantitative estimate of drug-likeness (QED) is 0.454. The lowest BCUT2D eigenvalue weighted by molar-refractivity contribution is -0.130. The van der Waals surface area contributed by atoms with Crippen molar-refractivity contribution in [3.05, 3.63) is 60.8 Å². The van der Waals surface area contributed by atoms with Crippen LogP contribution in [0.4, 0.5) is 0 Å². The second-order valence-electron chi connectivity index (χ2n) is 4.73. The van der Waals surface area contributed by atoms with Gasteiger partial charge in [0.25, 0.3) is 0 Å². The van der Waals surface area contributed by atoms with Crippen LogP contribution in [0.2, 0.25) is 0 Å². The highest BCUT2D eigenvalue weighted by Gasteiger charge is 2.10. The molecule has 0 aliphatic carbocycles. The standard InChI is InChI=1S/C16H15N3O2/c1-12(6-9-19-10-8-17-11-19)16(20)21-15-4-2-3-14-13(15)5-7-18-14/h2-8,10-11,18H,9H2,1H3. The monoisotopic (exact) mass is 281 g/mol. The van der Waals surface area contributed by atoms with E-state index in [4.69, 9.17) is 4.74 Å². The Bertz CT molecular complexity index is 785. The molecule has 0 radical (unpaired) electrons. The van der Waals surface area contributed by atoms with Gasteiger partial charge in [0.05, 0.1) is 6.33 Å². The average Bonchev–Trinajstić information content (AvgIpc) is 3.16. The number of hydrogen-bond acceptors (Lipinski definition) is 3. The van der Waals surface area contributed by atoms with Crippen LogP contribution in [0.1, 0.15) is 6.92 Å². The highest BCUT2D eigenvalue weighted by atomic mass is 16.5. The summed E-state index contributed by atoms with van der Waals surface area (Å²) in [4.78, 5) is 19.2. The Morgan fingerprint density at radius 2 is 2.33 bits per heavy atom. The summed E-state index contributed by atoms with van der Waals surface area (Å²) in [5.41, 5.74) is 1.51. The van der Waals surface area contributed by atoms with Crippen molar-refractivity contribution in [1.29, 1.82) is 0 Å². The molecule has 5 heteroatoms. The van der Waals surface area contributed by atoms with E-state index in [0.29, 0.717) is 17.9 Å². The lowest BCUT2D eigenvalue weighted by Crippen LogP contribution is -2.10. The molecule has 0 saturated heterocycles. The summed E-state index contributed by atoms with van der Waals surface area (Å²) < 4.78 is 7.34. The average molecular weight is 281 g/mol. The van der Waals surface area contributed by atoms with Crippen LogP contribution in [0, 0.1) is 0 Å². The van der Waals surface area contributed by atoms with Gasteiger partial charge >= 0.3 is 5.97 Å². The Morgan fingerprint density at radius 1 is 1.43 bits per heavy atom. The molecule has 3 rings (SSSR count). The molecule has 0 aliphatic rings. The Morgan fingerprint density at radius 3 is 3.14 bits per heavy atom. The molecule has 3 aromatic rings. The van der Waals surface area contributed by atoms with Gasteiger partial charge in [0.15, 0.2) is 0 Å². The molecule has 106 valence electrons. The number of carbonyl (C=O) groups excluding carboxylic acids is 1. The van der Waals surface area contributed by atoms with Gasteiger partial charge in [0.2, 0.25) is 0 Å². The first-order valence-electron chi connectivity index (χ1n) is 6.65. The molecule has 0 spiro atoms. The molecule has 0 amide bonds. The maximum atomic E-state index is 12.1. The number of imidazole rings is 1. The molecular formula is C16H15N3O2. The maximum absolute atomic E-state index is 12.1. The lowest BCUT2D eigenvalue weighted by Gasteiger charge is -2.06. The first kappa shape index (κ1) is 13.2. The zero-order valence-electron chi connectivity index (χ0n) is 11.6. The topological polar surface area (TPSA) is 59.9 Å². The number of benzene rings is 1. The van der Waals surface area contributed by atoms with Crippen LogP contribution in [0.3, 0.4) is 0 Å². The second kappa shape index (κ2) is 5.66. The van der Waals surface area contributed by atoms with E-state index < -0.39 is 0 Å².